The molecule has 0 aliphatic heterocycles. The van der Waals surface area contributed by atoms with Crippen molar-refractivity contribution in [1.29, 1.82) is 0 Å². The number of nitrogens with one attached hydrogen (secondary N) is 1. The number of aliphatic carboxylic acids is 1. The number of nitro groups is 1. The summed E-state index contributed by atoms with van der Waals surface area (Å²) in [6.45, 7) is 3.24. The van der Waals surface area contributed by atoms with Crippen molar-refractivity contribution in [3.05, 3.63) is 69.3 Å². The van der Waals surface area contributed by atoms with Crippen molar-refractivity contribution >= 4 is 17.6 Å². The molecule has 1 atom stereocenters. The Morgan fingerprint density at radius 3 is 2.56 bits per heavy atom. The van der Waals surface area contributed by atoms with E-state index in [1.54, 1.807) is 38.1 Å². The van der Waals surface area contributed by atoms with Crippen molar-refractivity contribution in [2.45, 2.75) is 25.8 Å². The number of carbonyl (C=O) groups is 2. The van der Waals surface area contributed by atoms with Crippen LogP contribution in [0.5, 0.6) is 5.75 Å². The molecule has 0 saturated carbocycles. The lowest BCUT2D eigenvalue weighted by Crippen LogP contribution is -2.45. The fourth-order valence-electron chi connectivity index (χ4n) is 2.77. The van der Waals surface area contributed by atoms with Gasteiger partial charge in [-0.2, -0.15) is 0 Å². The van der Waals surface area contributed by atoms with E-state index in [9.17, 15) is 24.8 Å². The minimum absolute atomic E-state index is 0.115. The standard InChI is InChI=1S/C19H20N2O6/c1-12-7-8-14(21(25)26)10-16(12)18(24)20-19(2,11-17(22)23)13-5-4-6-15(9-13)27-3/h4-10H,11H2,1-3H3,(H,20,24)(H,22,23). The van der Waals surface area contributed by atoms with Gasteiger partial charge in [-0.1, -0.05) is 18.2 Å². The van der Waals surface area contributed by atoms with Gasteiger partial charge in [0.1, 0.15) is 5.75 Å². The van der Waals surface area contributed by atoms with Gasteiger partial charge in [-0.15, -0.1) is 0 Å². The largest absolute Gasteiger partial charge is 0.497 e. The highest BCUT2D eigenvalue weighted by atomic mass is 16.6. The second-order valence-electron chi connectivity index (χ2n) is 6.35. The van der Waals surface area contributed by atoms with Crippen LogP contribution in [-0.4, -0.2) is 29.0 Å². The first-order valence-corrected chi connectivity index (χ1v) is 8.10. The molecular formula is C19H20N2O6. The van der Waals surface area contributed by atoms with Crippen molar-refractivity contribution < 1.29 is 24.4 Å². The zero-order valence-corrected chi connectivity index (χ0v) is 15.2. The maximum atomic E-state index is 12.8. The number of non-ortho nitro benzene ring substituents is 1. The van der Waals surface area contributed by atoms with Crippen molar-refractivity contribution in [3.63, 3.8) is 0 Å². The summed E-state index contributed by atoms with van der Waals surface area (Å²) in [5, 5.41) is 23.0. The number of nitro benzene ring substituents is 1. The number of amides is 1. The number of methoxy groups -OCH3 is 1. The third-order valence-electron chi connectivity index (χ3n) is 4.28. The van der Waals surface area contributed by atoms with Crippen LogP contribution in [-0.2, 0) is 10.3 Å². The van der Waals surface area contributed by atoms with E-state index in [0.717, 1.165) is 0 Å². The van der Waals surface area contributed by atoms with Gasteiger partial charge in [-0.05, 0) is 37.1 Å². The van der Waals surface area contributed by atoms with Crippen LogP contribution < -0.4 is 10.1 Å². The minimum Gasteiger partial charge on any atom is -0.497 e. The van der Waals surface area contributed by atoms with Gasteiger partial charge in [-0.3, -0.25) is 19.7 Å². The Kier molecular flexibility index (Phi) is 5.79. The van der Waals surface area contributed by atoms with Crippen molar-refractivity contribution in [2.24, 2.45) is 0 Å². The second kappa shape index (κ2) is 7.86. The first-order chi connectivity index (χ1) is 12.7. The maximum Gasteiger partial charge on any atom is 0.306 e. The zero-order valence-electron chi connectivity index (χ0n) is 15.2. The van der Waals surface area contributed by atoms with Gasteiger partial charge in [0, 0.05) is 17.7 Å². The third-order valence-corrected chi connectivity index (χ3v) is 4.28. The van der Waals surface area contributed by atoms with E-state index in [1.807, 2.05) is 0 Å². The van der Waals surface area contributed by atoms with E-state index in [1.165, 1.54) is 25.3 Å². The highest BCUT2D eigenvalue weighted by Gasteiger charge is 2.33. The molecule has 27 heavy (non-hydrogen) atoms. The van der Waals surface area contributed by atoms with E-state index in [2.05, 4.69) is 5.32 Å². The molecule has 1 unspecified atom stereocenters. The molecule has 0 aliphatic carbocycles. The fourth-order valence-corrected chi connectivity index (χ4v) is 2.77. The minimum atomic E-state index is -1.24. The van der Waals surface area contributed by atoms with Gasteiger partial charge in [-0.25, -0.2) is 0 Å². The number of nitrogens with zero attached hydrogens (tertiary/aromatic N) is 1. The van der Waals surface area contributed by atoms with Crippen LogP contribution in [0.4, 0.5) is 5.69 Å². The molecule has 142 valence electrons. The summed E-state index contributed by atoms with van der Waals surface area (Å²) in [5.74, 6) is -1.18. The summed E-state index contributed by atoms with van der Waals surface area (Å²) >= 11 is 0. The Labute approximate surface area is 155 Å². The van der Waals surface area contributed by atoms with Crippen LogP contribution in [0.25, 0.3) is 0 Å². The van der Waals surface area contributed by atoms with Crippen LogP contribution >= 0.6 is 0 Å². The SMILES string of the molecule is COc1cccc(C(C)(CC(=O)O)NC(=O)c2cc([N+](=O)[O-])ccc2C)c1. The number of aryl methyl sites for hydroxylation is 1. The quantitative estimate of drug-likeness (QED) is 0.569. The maximum absolute atomic E-state index is 12.8. The highest BCUT2D eigenvalue weighted by molar-refractivity contribution is 5.97. The van der Waals surface area contributed by atoms with Crippen molar-refractivity contribution in [3.8, 4) is 5.75 Å². The first-order valence-electron chi connectivity index (χ1n) is 8.10. The van der Waals surface area contributed by atoms with E-state index < -0.39 is 22.3 Å². The molecular weight excluding hydrogens is 352 g/mol. The molecule has 0 heterocycles. The normalized spacial score (nSPS) is 12.7. The molecule has 0 radical (unpaired) electrons. The van der Waals surface area contributed by atoms with E-state index in [-0.39, 0.29) is 17.7 Å². The van der Waals surface area contributed by atoms with Gasteiger partial charge in [0.25, 0.3) is 11.6 Å². The Morgan fingerprint density at radius 2 is 1.96 bits per heavy atom. The number of carbonyl (C=O) groups excluding carboxylic acids is 1. The Morgan fingerprint density at radius 1 is 1.26 bits per heavy atom. The molecule has 8 nitrogen and oxygen atoms in total. The summed E-state index contributed by atoms with van der Waals surface area (Å²) in [7, 11) is 1.48. The molecule has 0 bridgehead atoms. The number of hydrogen-bond acceptors (Lipinski definition) is 5. The van der Waals surface area contributed by atoms with Crippen LogP contribution in [0.2, 0.25) is 0 Å². The highest BCUT2D eigenvalue weighted by Crippen LogP contribution is 2.29. The zero-order chi connectivity index (χ0) is 20.2. The van der Waals surface area contributed by atoms with Crippen molar-refractivity contribution in [1.82, 2.24) is 5.32 Å². The molecule has 0 saturated heterocycles. The molecule has 0 spiro atoms. The average Bonchev–Trinajstić information content (AvgIpc) is 2.61. The van der Waals surface area contributed by atoms with Gasteiger partial charge in [0.05, 0.1) is 24.0 Å². The van der Waals surface area contributed by atoms with Gasteiger partial charge < -0.3 is 15.2 Å². The molecule has 2 rings (SSSR count). The number of carboxylic acids is 1. The Bertz CT molecular complexity index is 896. The van der Waals surface area contributed by atoms with Gasteiger partial charge >= 0.3 is 5.97 Å². The molecule has 2 aromatic carbocycles. The van der Waals surface area contributed by atoms with E-state index in [4.69, 9.17) is 4.74 Å². The number of ether oxygens (including phenoxy) is 1. The lowest BCUT2D eigenvalue weighted by Gasteiger charge is -2.30. The van der Waals surface area contributed by atoms with E-state index >= 15 is 0 Å². The lowest BCUT2D eigenvalue weighted by molar-refractivity contribution is -0.384. The summed E-state index contributed by atoms with van der Waals surface area (Å²) in [5.41, 5.74) is -0.257. The molecule has 2 aromatic rings. The third kappa shape index (κ3) is 4.60. The lowest BCUT2D eigenvalue weighted by atomic mass is 9.87. The van der Waals surface area contributed by atoms with Crippen LogP contribution in [0.3, 0.4) is 0 Å². The van der Waals surface area contributed by atoms with Crippen LogP contribution in [0.1, 0.15) is 34.8 Å². The molecule has 0 aromatic heterocycles. The molecule has 8 heteroatoms. The van der Waals surface area contributed by atoms with Gasteiger partial charge in [0.2, 0.25) is 0 Å². The van der Waals surface area contributed by atoms with Gasteiger partial charge in [0.15, 0.2) is 0 Å². The average molecular weight is 372 g/mol. The van der Waals surface area contributed by atoms with Crippen molar-refractivity contribution in [2.75, 3.05) is 7.11 Å². The first kappa shape index (κ1) is 19.9. The predicted octanol–water partition coefficient (Wildman–Crippen LogP) is 3.03. The van der Waals surface area contributed by atoms with E-state index in [0.29, 0.717) is 16.9 Å². The summed E-state index contributed by atoms with van der Waals surface area (Å²) in [4.78, 5) is 34.6. The topological polar surface area (TPSA) is 119 Å². The molecule has 1 amide bonds. The molecule has 0 aliphatic rings. The van der Waals surface area contributed by atoms with Crippen LogP contribution in [0.15, 0.2) is 42.5 Å². The Balaban J connectivity index is 2.44. The molecule has 0 fully saturated rings. The smallest absolute Gasteiger partial charge is 0.306 e. The summed E-state index contributed by atoms with van der Waals surface area (Å²) in [6.07, 6.45) is -0.375. The fraction of sp³-hybridized carbons (Fsp3) is 0.263. The predicted molar refractivity (Wildman–Crippen MR) is 97.9 cm³/mol. The Hall–Kier alpha value is -3.42. The number of hydrogen-bond donors (Lipinski definition) is 2. The number of rotatable bonds is 7. The second-order valence-corrected chi connectivity index (χ2v) is 6.35. The van der Waals surface area contributed by atoms with Crippen LogP contribution in [0, 0.1) is 17.0 Å². The number of benzene rings is 2. The molecule has 2 N–H and O–H groups in total. The monoisotopic (exact) mass is 372 g/mol. The summed E-state index contributed by atoms with van der Waals surface area (Å²) in [6, 6.07) is 10.7. The number of carboxylic acid groups (broad SMARTS) is 1. The summed E-state index contributed by atoms with van der Waals surface area (Å²) < 4.78 is 5.17.